The van der Waals surface area contributed by atoms with Gasteiger partial charge in [-0.15, -0.1) is 0 Å². The summed E-state index contributed by atoms with van der Waals surface area (Å²) in [6.45, 7) is 3.61. The molecule has 1 aromatic heterocycles. The number of imidazole rings is 1. The number of unbranched alkanes of at least 4 members (excludes halogenated alkanes) is 1. The summed E-state index contributed by atoms with van der Waals surface area (Å²) in [5.74, 6) is -0.0109. The quantitative estimate of drug-likeness (QED) is 0.824. The van der Waals surface area contributed by atoms with Gasteiger partial charge in [0.25, 0.3) is 5.91 Å². The van der Waals surface area contributed by atoms with E-state index in [9.17, 15) is 4.79 Å². The summed E-state index contributed by atoms with van der Waals surface area (Å²) in [6.07, 6.45) is 7.51. The topological polar surface area (TPSA) is 46.9 Å². The third-order valence-electron chi connectivity index (χ3n) is 3.11. The highest BCUT2D eigenvalue weighted by Crippen LogP contribution is 2.16. The van der Waals surface area contributed by atoms with Gasteiger partial charge in [0.05, 0.1) is 6.33 Å². The molecule has 0 spiro atoms. The Morgan fingerprint density at radius 1 is 1.40 bits per heavy atom. The second-order valence-corrected chi connectivity index (χ2v) is 5.58. The molecule has 4 nitrogen and oxygen atoms in total. The fourth-order valence-electron chi connectivity index (χ4n) is 1.93. The van der Waals surface area contributed by atoms with Gasteiger partial charge in [-0.1, -0.05) is 15.9 Å². The minimum atomic E-state index is -0.0109. The lowest BCUT2D eigenvalue weighted by molar-refractivity contribution is 0.0953. The van der Waals surface area contributed by atoms with Crippen molar-refractivity contribution in [3.8, 4) is 0 Å². The van der Waals surface area contributed by atoms with E-state index in [4.69, 9.17) is 0 Å². The molecule has 0 fully saturated rings. The van der Waals surface area contributed by atoms with Crippen LogP contribution in [0, 0.1) is 6.92 Å². The van der Waals surface area contributed by atoms with Crippen molar-refractivity contribution >= 4 is 21.8 Å². The predicted molar refractivity (Wildman–Crippen MR) is 82.7 cm³/mol. The Labute approximate surface area is 127 Å². The largest absolute Gasteiger partial charge is 0.352 e. The molecule has 1 aromatic carbocycles. The molecule has 0 radical (unpaired) electrons. The second-order valence-electron chi connectivity index (χ2n) is 4.73. The number of hydrogen-bond donors (Lipinski definition) is 1. The molecule has 0 bridgehead atoms. The third kappa shape index (κ3) is 4.20. The molecule has 20 heavy (non-hydrogen) atoms. The summed E-state index contributed by atoms with van der Waals surface area (Å²) in [6, 6.07) is 5.63. The van der Waals surface area contributed by atoms with Crippen molar-refractivity contribution in [3.05, 3.63) is 52.5 Å². The van der Waals surface area contributed by atoms with Crippen molar-refractivity contribution in [3.63, 3.8) is 0 Å². The average molecular weight is 336 g/mol. The van der Waals surface area contributed by atoms with Crippen LogP contribution >= 0.6 is 15.9 Å². The minimum absolute atomic E-state index is 0.0109. The van der Waals surface area contributed by atoms with Crippen LogP contribution < -0.4 is 5.32 Å². The molecular weight excluding hydrogens is 318 g/mol. The smallest absolute Gasteiger partial charge is 0.251 e. The monoisotopic (exact) mass is 335 g/mol. The van der Waals surface area contributed by atoms with Crippen LogP contribution in [0.15, 0.2) is 41.4 Å². The maximum Gasteiger partial charge on any atom is 0.251 e. The zero-order valence-corrected chi connectivity index (χ0v) is 13.1. The van der Waals surface area contributed by atoms with E-state index in [-0.39, 0.29) is 5.91 Å². The van der Waals surface area contributed by atoms with Gasteiger partial charge in [0.2, 0.25) is 0 Å². The molecular formula is C15H18BrN3O. The van der Waals surface area contributed by atoms with Crippen molar-refractivity contribution in [1.82, 2.24) is 14.9 Å². The number of carbonyl (C=O) groups is 1. The summed E-state index contributed by atoms with van der Waals surface area (Å²) < 4.78 is 3.06. The molecule has 0 aliphatic carbocycles. The van der Waals surface area contributed by atoms with Gasteiger partial charge in [-0.2, -0.15) is 0 Å². The van der Waals surface area contributed by atoms with Crippen molar-refractivity contribution in [1.29, 1.82) is 0 Å². The van der Waals surface area contributed by atoms with E-state index in [2.05, 4.69) is 26.2 Å². The van der Waals surface area contributed by atoms with Crippen LogP contribution in [-0.4, -0.2) is 22.0 Å². The Kier molecular flexibility index (Phi) is 5.35. The van der Waals surface area contributed by atoms with Crippen LogP contribution in [-0.2, 0) is 6.54 Å². The summed E-state index contributed by atoms with van der Waals surface area (Å²) in [7, 11) is 0. The summed E-state index contributed by atoms with van der Waals surface area (Å²) in [4.78, 5) is 16.0. The normalized spacial score (nSPS) is 10.5. The summed E-state index contributed by atoms with van der Waals surface area (Å²) >= 11 is 3.43. The predicted octanol–water partition coefficient (Wildman–Crippen LogP) is 3.16. The van der Waals surface area contributed by atoms with Crippen molar-refractivity contribution < 1.29 is 4.79 Å². The highest BCUT2D eigenvalue weighted by atomic mass is 79.9. The third-order valence-corrected chi connectivity index (χ3v) is 4.00. The Morgan fingerprint density at radius 2 is 2.25 bits per heavy atom. The second kappa shape index (κ2) is 7.24. The summed E-state index contributed by atoms with van der Waals surface area (Å²) in [5, 5.41) is 2.95. The molecule has 0 aliphatic heterocycles. The van der Waals surface area contributed by atoms with Gasteiger partial charge in [0.15, 0.2) is 0 Å². The van der Waals surface area contributed by atoms with Gasteiger partial charge in [-0.3, -0.25) is 4.79 Å². The number of carbonyl (C=O) groups excluding carboxylic acids is 1. The van der Waals surface area contributed by atoms with Crippen LogP contribution in [0.4, 0.5) is 0 Å². The van der Waals surface area contributed by atoms with E-state index in [0.717, 1.165) is 29.4 Å². The number of halogens is 1. The number of amides is 1. The van der Waals surface area contributed by atoms with Gasteiger partial charge in [-0.05, 0) is 43.5 Å². The molecule has 0 unspecified atom stereocenters. The lowest BCUT2D eigenvalue weighted by Crippen LogP contribution is -2.24. The van der Waals surface area contributed by atoms with Gasteiger partial charge in [0, 0.05) is 35.5 Å². The maximum absolute atomic E-state index is 12.0. The molecule has 1 N–H and O–H groups in total. The van der Waals surface area contributed by atoms with Crippen LogP contribution in [0.3, 0.4) is 0 Å². The standard InChI is InChI=1S/C15H18BrN3O/c1-12-10-13(4-5-14(12)16)15(20)18-6-2-3-8-19-9-7-17-11-19/h4-5,7,9-11H,2-3,6,8H2,1H3,(H,18,20). The van der Waals surface area contributed by atoms with E-state index in [1.807, 2.05) is 42.2 Å². The number of nitrogens with one attached hydrogen (secondary N) is 1. The molecule has 5 heteroatoms. The molecule has 2 aromatic rings. The van der Waals surface area contributed by atoms with Gasteiger partial charge >= 0.3 is 0 Å². The zero-order valence-electron chi connectivity index (χ0n) is 11.5. The van der Waals surface area contributed by atoms with Crippen molar-refractivity contribution in [2.24, 2.45) is 0 Å². The Bertz CT molecular complexity index is 567. The van der Waals surface area contributed by atoms with E-state index in [1.165, 1.54) is 0 Å². The fraction of sp³-hybridized carbons (Fsp3) is 0.333. The molecule has 0 aliphatic rings. The first-order chi connectivity index (χ1) is 9.66. The first kappa shape index (κ1) is 14.8. The van der Waals surface area contributed by atoms with Crippen LogP contribution in [0.5, 0.6) is 0 Å². The van der Waals surface area contributed by atoms with Gasteiger partial charge in [-0.25, -0.2) is 4.98 Å². The van der Waals surface area contributed by atoms with E-state index >= 15 is 0 Å². The van der Waals surface area contributed by atoms with E-state index in [1.54, 1.807) is 6.20 Å². The van der Waals surface area contributed by atoms with Crippen LogP contribution in [0.25, 0.3) is 0 Å². The number of hydrogen-bond acceptors (Lipinski definition) is 2. The molecule has 1 amide bonds. The molecule has 0 atom stereocenters. The lowest BCUT2D eigenvalue weighted by atomic mass is 10.1. The maximum atomic E-state index is 12.0. The number of aryl methyl sites for hydroxylation is 2. The van der Waals surface area contributed by atoms with Crippen molar-refractivity contribution in [2.75, 3.05) is 6.54 Å². The fourth-order valence-corrected chi connectivity index (χ4v) is 2.17. The lowest BCUT2D eigenvalue weighted by Gasteiger charge is -2.07. The highest BCUT2D eigenvalue weighted by molar-refractivity contribution is 9.10. The number of rotatable bonds is 6. The van der Waals surface area contributed by atoms with Crippen molar-refractivity contribution in [2.45, 2.75) is 26.3 Å². The molecule has 106 valence electrons. The number of aromatic nitrogens is 2. The first-order valence-electron chi connectivity index (χ1n) is 6.67. The SMILES string of the molecule is Cc1cc(C(=O)NCCCCn2ccnc2)ccc1Br. The van der Waals surface area contributed by atoms with E-state index < -0.39 is 0 Å². The van der Waals surface area contributed by atoms with Gasteiger partial charge in [0.1, 0.15) is 0 Å². The number of nitrogens with zero attached hydrogens (tertiary/aromatic N) is 2. The Balaban J connectivity index is 1.70. The zero-order chi connectivity index (χ0) is 14.4. The average Bonchev–Trinajstić information content (AvgIpc) is 2.94. The Hall–Kier alpha value is -1.62. The summed E-state index contributed by atoms with van der Waals surface area (Å²) in [5.41, 5.74) is 1.78. The van der Waals surface area contributed by atoms with Gasteiger partial charge < -0.3 is 9.88 Å². The minimum Gasteiger partial charge on any atom is -0.352 e. The first-order valence-corrected chi connectivity index (χ1v) is 7.46. The molecule has 2 rings (SSSR count). The van der Waals surface area contributed by atoms with Crippen LogP contribution in [0.2, 0.25) is 0 Å². The molecule has 1 heterocycles. The highest BCUT2D eigenvalue weighted by Gasteiger charge is 2.06. The Morgan fingerprint density at radius 3 is 2.95 bits per heavy atom. The number of benzene rings is 1. The van der Waals surface area contributed by atoms with Crippen LogP contribution in [0.1, 0.15) is 28.8 Å². The molecule has 0 saturated heterocycles. The molecule has 0 saturated carbocycles. The van der Waals surface area contributed by atoms with E-state index in [0.29, 0.717) is 12.1 Å².